The molecule has 2 N–H and O–H groups in total. The summed E-state index contributed by atoms with van der Waals surface area (Å²) in [7, 11) is 0. The number of amides is 1. The van der Waals surface area contributed by atoms with Crippen molar-refractivity contribution in [2.45, 2.75) is 0 Å². The van der Waals surface area contributed by atoms with E-state index in [1.165, 1.54) is 11.3 Å². The lowest BCUT2D eigenvalue weighted by Gasteiger charge is -2.26. The highest BCUT2D eigenvalue weighted by Crippen LogP contribution is 2.20. The minimum Gasteiger partial charge on any atom is -0.336 e. The molecule has 2 heterocycles. The summed E-state index contributed by atoms with van der Waals surface area (Å²) in [6.07, 6.45) is 0. The molecule has 2 rings (SSSR count). The van der Waals surface area contributed by atoms with Gasteiger partial charge >= 0.3 is 0 Å². The lowest BCUT2D eigenvalue weighted by molar-refractivity contribution is 0.0777. The van der Waals surface area contributed by atoms with Gasteiger partial charge in [-0.2, -0.15) is 11.8 Å². The number of thioether (sulfide) groups is 1. The molecular weight excluding hydrogens is 252 g/mol. The predicted molar refractivity (Wildman–Crippen MR) is 73.5 cm³/mol. The van der Waals surface area contributed by atoms with Crippen molar-refractivity contribution in [3.8, 4) is 11.8 Å². The molecule has 17 heavy (non-hydrogen) atoms. The van der Waals surface area contributed by atoms with E-state index in [9.17, 15) is 4.79 Å². The summed E-state index contributed by atoms with van der Waals surface area (Å²) in [5.74, 6) is 7.92. The van der Waals surface area contributed by atoms with E-state index in [0.29, 0.717) is 6.54 Å². The highest BCUT2D eigenvalue weighted by Gasteiger charge is 2.21. The Bertz CT molecular complexity index is 453. The maximum absolute atomic E-state index is 12.3. The first-order valence-electron chi connectivity index (χ1n) is 5.46. The molecule has 0 radical (unpaired) electrons. The van der Waals surface area contributed by atoms with E-state index in [1.54, 1.807) is 0 Å². The Balaban J connectivity index is 2.15. The summed E-state index contributed by atoms with van der Waals surface area (Å²) in [4.78, 5) is 14.9. The van der Waals surface area contributed by atoms with Crippen LogP contribution in [0.4, 0.5) is 0 Å². The van der Waals surface area contributed by atoms with Crippen molar-refractivity contribution < 1.29 is 4.79 Å². The molecule has 1 amide bonds. The van der Waals surface area contributed by atoms with Gasteiger partial charge in [-0.3, -0.25) is 4.79 Å². The van der Waals surface area contributed by atoms with Crippen LogP contribution in [0.25, 0.3) is 0 Å². The number of carbonyl (C=O) groups excluding carboxylic acids is 1. The van der Waals surface area contributed by atoms with Crippen LogP contribution in [0.1, 0.15) is 15.2 Å². The number of nitrogens with two attached hydrogens (primary N) is 1. The summed E-state index contributed by atoms with van der Waals surface area (Å²) in [6.45, 7) is 2.00. The molecular formula is C12H14N2OS2. The smallest absolute Gasteiger partial charge is 0.265 e. The molecule has 1 fully saturated rings. The standard InChI is InChI=1S/C12H14N2OS2/c13-4-1-2-10-3-7-17-11(10)12(15)14-5-8-16-9-6-14/h3,7H,4-6,8-9,13H2. The van der Waals surface area contributed by atoms with Gasteiger partial charge in [0.2, 0.25) is 0 Å². The number of hydrogen-bond donors (Lipinski definition) is 1. The zero-order valence-corrected chi connectivity index (χ0v) is 11.1. The predicted octanol–water partition coefficient (Wildman–Crippen LogP) is 1.25. The summed E-state index contributed by atoms with van der Waals surface area (Å²) in [6, 6.07) is 1.89. The van der Waals surface area contributed by atoms with Gasteiger partial charge in [0.25, 0.3) is 5.91 Å². The molecule has 1 aromatic heterocycles. The van der Waals surface area contributed by atoms with Gasteiger partial charge in [0.1, 0.15) is 4.88 Å². The summed E-state index contributed by atoms with van der Waals surface area (Å²) >= 11 is 3.36. The first-order chi connectivity index (χ1) is 8.33. The molecule has 1 saturated heterocycles. The first-order valence-corrected chi connectivity index (χ1v) is 7.50. The Labute approximate surface area is 109 Å². The molecule has 0 spiro atoms. The Hall–Kier alpha value is -0.960. The van der Waals surface area contributed by atoms with Crippen molar-refractivity contribution in [1.29, 1.82) is 0 Å². The Morgan fingerprint density at radius 1 is 1.47 bits per heavy atom. The van der Waals surface area contributed by atoms with Gasteiger partial charge in [-0.15, -0.1) is 11.3 Å². The average Bonchev–Trinajstić information content (AvgIpc) is 2.84. The molecule has 90 valence electrons. The molecule has 0 atom stereocenters. The molecule has 0 bridgehead atoms. The van der Waals surface area contributed by atoms with E-state index in [4.69, 9.17) is 5.73 Å². The lowest BCUT2D eigenvalue weighted by Crippen LogP contribution is -2.37. The topological polar surface area (TPSA) is 46.3 Å². The molecule has 5 heteroatoms. The van der Waals surface area contributed by atoms with Crippen molar-refractivity contribution in [1.82, 2.24) is 4.90 Å². The van der Waals surface area contributed by atoms with Crippen LogP contribution in [0.2, 0.25) is 0 Å². The normalized spacial score (nSPS) is 15.2. The first kappa shape index (κ1) is 12.5. The monoisotopic (exact) mass is 266 g/mol. The SMILES string of the molecule is NCC#Cc1ccsc1C(=O)N1CCSCC1. The minimum atomic E-state index is 0.113. The molecule has 0 saturated carbocycles. The van der Waals surface area contributed by atoms with Crippen LogP contribution in [-0.2, 0) is 0 Å². The van der Waals surface area contributed by atoms with Crippen molar-refractivity contribution in [3.05, 3.63) is 21.9 Å². The van der Waals surface area contributed by atoms with Crippen LogP contribution in [0.5, 0.6) is 0 Å². The Morgan fingerprint density at radius 2 is 2.24 bits per heavy atom. The third kappa shape index (κ3) is 3.03. The van der Waals surface area contributed by atoms with E-state index in [0.717, 1.165) is 35.0 Å². The summed E-state index contributed by atoms with van der Waals surface area (Å²) in [5, 5.41) is 1.91. The fourth-order valence-electron chi connectivity index (χ4n) is 1.63. The van der Waals surface area contributed by atoms with Gasteiger partial charge in [0.15, 0.2) is 0 Å². The lowest BCUT2D eigenvalue weighted by atomic mass is 10.2. The number of rotatable bonds is 1. The van der Waals surface area contributed by atoms with E-state index in [-0.39, 0.29) is 5.91 Å². The van der Waals surface area contributed by atoms with Crippen molar-refractivity contribution in [2.24, 2.45) is 5.73 Å². The van der Waals surface area contributed by atoms with E-state index in [1.807, 2.05) is 28.1 Å². The Kier molecular flexibility index (Phi) is 4.49. The Morgan fingerprint density at radius 3 is 2.94 bits per heavy atom. The maximum Gasteiger partial charge on any atom is 0.265 e. The fourth-order valence-corrected chi connectivity index (χ4v) is 3.35. The van der Waals surface area contributed by atoms with E-state index >= 15 is 0 Å². The quantitative estimate of drug-likeness (QED) is 0.778. The number of carbonyl (C=O) groups is 1. The van der Waals surface area contributed by atoms with E-state index in [2.05, 4.69) is 11.8 Å². The van der Waals surface area contributed by atoms with Crippen molar-refractivity contribution in [2.75, 3.05) is 31.1 Å². The van der Waals surface area contributed by atoms with Gasteiger partial charge in [-0.05, 0) is 11.4 Å². The fraction of sp³-hybridized carbons (Fsp3) is 0.417. The van der Waals surface area contributed by atoms with Crippen LogP contribution in [-0.4, -0.2) is 41.9 Å². The number of nitrogens with zero attached hydrogens (tertiary/aromatic N) is 1. The van der Waals surface area contributed by atoms with Gasteiger partial charge < -0.3 is 10.6 Å². The van der Waals surface area contributed by atoms with Crippen molar-refractivity contribution >= 4 is 29.0 Å². The maximum atomic E-state index is 12.3. The summed E-state index contributed by atoms with van der Waals surface area (Å²) < 4.78 is 0. The van der Waals surface area contributed by atoms with Crippen LogP contribution < -0.4 is 5.73 Å². The third-order valence-corrected chi connectivity index (χ3v) is 4.33. The van der Waals surface area contributed by atoms with Gasteiger partial charge in [-0.25, -0.2) is 0 Å². The van der Waals surface area contributed by atoms with Crippen molar-refractivity contribution in [3.63, 3.8) is 0 Å². The highest BCUT2D eigenvalue weighted by molar-refractivity contribution is 7.99. The molecule has 0 aromatic carbocycles. The second-order valence-corrected chi connectivity index (χ2v) is 5.71. The average molecular weight is 266 g/mol. The highest BCUT2D eigenvalue weighted by atomic mass is 32.2. The second-order valence-electron chi connectivity index (χ2n) is 3.57. The molecule has 1 aliphatic heterocycles. The number of hydrogen-bond acceptors (Lipinski definition) is 4. The van der Waals surface area contributed by atoms with Gasteiger partial charge in [0.05, 0.1) is 6.54 Å². The second kappa shape index (κ2) is 6.10. The van der Waals surface area contributed by atoms with Crippen LogP contribution in [0.15, 0.2) is 11.4 Å². The third-order valence-electron chi connectivity index (χ3n) is 2.48. The van der Waals surface area contributed by atoms with E-state index < -0.39 is 0 Å². The molecule has 0 unspecified atom stereocenters. The zero-order chi connectivity index (χ0) is 12.1. The molecule has 1 aromatic rings. The number of thiophene rings is 1. The largest absolute Gasteiger partial charge is 0.336 e. The minimum absolute atomic E-state index is 0.113. The molecule has 3 nitrogen and oxygen atoms in total. The zero-order valence-electron chi connectivity index (χ0n) is 9.44. The van der Waals surface area contributed by atoms with Crippen LogP contribution >= 0.6 is 23.1 Å². The molecule has 1 aliphatic rings. The van der Waals surface area contributed by atoms with Gasteiger partial charge in [0, 0.05) is 30.2 Å². The van der Waals surface area contributed by atoms with Crippen LogP contribution in [0.3, 0.4) is 0 Å². The molecule has 0 aliphatic carbocycles. The van der Waals surface area contributed by atoms with Gasteiger partial charge in [-0.1, -0.05) is 11.8 Å². The summed E-state index contributed by atoms with van der Waals surface area (Å²) in [5.41, 5.74) is 6.15. The van der Waals surface area contributed by atoms with Crippen LogP contribution in [0, 0.1) is 11.8 Å².